The van der Waals surface area contributed by atoms with E-state index in [0.29, 0.717) is 10.0 Å². The van der Waals surface area contributed by atoms with Crippen molar-refractivity contribution in [1.29, 1.82) is 0 Å². The van der Waals surface area contributed by atoms with Crippen LogP contribution >= 0.6 is 23.2 Å². The first-order valence-electron chi connectivity index (χ1n) is 4.23. The molecular formula is C12H10Cl2. The summed E-state index contributed by atoms with van der Waals surface area (Å²) in [5.74, 6) is 5.99. The predicted octanol–water partition coefficient (Wildman–Crippen LogP) is 4.31. The van der Waals surface area contributed by atoms with Gasteiger partial charge in [-0.1, -0.05) is 41.1 Å². The molecule has 0 unspecified atom stereocenters. The monoisotopic (exact) mass is 224 g/mol. The Balaban J connectivity index is 3.01. The molecule has 0 fully saturated rings. The normalized spacial score (nSPS) is 10.7. The molecule has 0 aliphatic heterocycles. The number of allylic oxidation sites excluding steroid dienone is 2. The Hall–Kier alpha value is -0.900. The van der Waals surface area contributed by atoms with Crippen molar-refractivity contribution >= 4 is 23.2 Å². The first-order valence-corrected chi connectivity index (χ1v) is 4.98. The minimum absolute atomic E-state index is 0.611. The SMILES string of the molecule is C/C=C(/C)C#Cc1cc(Cl)cc(Cl)c1. The molecular weight excluding hydrogens is 215 g/mol. The second-order valence-electron chi connectivity index (χ2n) is 2.88. The minimum atomic E-state index is 0.611. The zero-order chi connectivity index (χ0) is 10.6. The summed E-state index contributed by atoms with van der Waals surface area (Å²) in [6.07, 6.45) is 1.96. The van der Waals surface area contributed by atoms with Crippen molar-refractivity contribution in [2.45, 2.75) is 13.8 Å². The molecule has 0 heterocycles. The molecule has 0 radical (unpaired) electrons. The molecule has 0 atom stereocenters. The van der Waals surface area contributed by atoms with Gasteiger partial charge >= 0.3 is 0 Å². The third kappa shape index (κ3) is 3.46. The first-order chi connectivity index (χ1) is 6.61. The van der Waals surface area contributed by atoms with Gasteiger partial charge in [-0.15, -0.1) is 0 Å². The second-order valence-corrected chi connectivity index (χ2v) is 3.75. The predicted molar refractivity (Wildman–Crippen MR) is 62.8 cm³/mol. The van der Waals surface area contributed by atoms with Crippen LogP contribution in [-0.4, -0.2) is 0 Å². The van der Waals surface area contributed by atoms with Crippen molar-refractivity contribution in [3.63, 3.8) is 0 Å². The zero-order valence-corrected chi connectivity index (χ0v) is 9.58. The number of halogens is 2. The maximum atomic E-state index is 5.83. The van der Waals surface area contributed by atoms with Crippen LogP contribution in [0.4, 0.5) is 0 Å². The van der Waals surface area contributed by atoms with E-state index >= 15 is 0 Å². The van der Waals surface area contributed by atoms with E-state index in [0.717, 1.165) is 11.1 Å². The fraction of sp³-hybridized carbons (Fsp3) is 0.167. The van der Waals surface area contributed by atoms with E-state index in [-0.39, 0.29) is 0 Å². The van der Waals surface area contributed by atoms with Crippen LogP contribution in [0.15, 0.2) is 29.8 Å². The van der Waals surface area contributed by atoms with Crippen molar-refractivity contribution < 1.29 is 0 Å². The largest absolute Gasteiger partial charge is 0.0842 e. The van der Waals surface area contributed by atoms with Gasteiger partial charge in [-0.25, -0.2) is 0 Å². The Kier molecular flexibility index (Phi) is 4.07. The van der Waals surface area contributed by atoms with Crippen LogP contribution in [0.3, 0.4) is 0 Å². The van der Waals surface area contributed by atoms with Gasteiger partial charge in [-0.2, -0.15) is 0 Å². The van der Waals surface area contributed by atoms with Crippen molar-refractivity contribution in [2.24, 2.45) is 0 Å². The standard InChI is InChI=1S/C12H10Cl2/c1-3-9(2)4-5-10-6-11(13)8-12(14)7-10/h3,6-8H,1-2H3/b9-3-. The van der Waals surface area contributed by atoms with Crippen LogP contribution in [0.25, 0.3) is 0 Å². The summed E-state index contributed by atoms with van der Waals surface area (Å²) < 4.78 is 0. The smallest absolute Gasteiger partial charge is 0.0433 e. The molecule has 0 saturated carbocycles. The Morgan fingerprint density at radius 1 is 1.21 bits per heavy atom. The van der Waals surface area contributed by atoms with Crippen LogP contribution in [0, 0.1) is 11.8 Å². The Labute approximate surface area is 94.5 Å². The molecule has 0 aliphatic carbocycles. The third-order valence-electron chi connectivity index (χ3n) is 1.70. The van der Waals surface area contributed by atoms with Crippen LogP contribution in [0.1, 0.15) is 19.4 Å². The summed E-state index contributed by atoms with van der Waals surface area (Å²) in [6.45, 7) is 3.91. The fourth-order valence-corrected chi connectivity index (χ4v) is 1.39. The van der Waals surface area contributed by atoms with Crippen LogP contribution < -0.4 is 0 Å². The average Bonchev–Trinajstić information content (AvgIpc) is 2.12. The molecule has 1 aromatic rings. The van der Waals surface area contributed by atoms with Gasteiger partial charge in [0.15, 0.2) is 0 Å². The quantitative estimate of drug-likeness (QED) is 0.577. The fourth-order valence-electron chi connectivity index (χ4n) is 0.869. The zero-order valence-electron chi connectivity index (χ0n) is 8.07. The van der Waals surface area contributed by atoms with Gasteiger partial charge in [-0.3, -0.25) is 0 Å². The molecule has 1 aromatic carbocycles. The molecule has 0 spiro atoms. The summed E-state index contributed by atoms with van der Waals surface area (Å²) in [4.78, 5) is 0. The second kappa shape index (κ2) is 5.10. The molecule has 0 aliphatic rings. The molecule has 2 heteroatoms. The number of benzene rings is 1. The third-order valence-corrected chi connectivity index (χ3v) is 2.14. The van der Waals surface area contributed by atoms with E-state index in [1.807, 2.05) is 19.9 Å². The minimum Gasteiger partial charge on any atom is -0.0842 e. The highest BCUT2D eigenvalue weighted by Gasteiger charge is 1.94. The average molecular weight is 225 g/mol. The lowest BCUT2D eigenvalue weighted by Gasteiger charge is -1.94. The van der Waals surface area contributed by atoms with Gasteiger partial charge in [0.05, 0.1) is 0 Å². The van der Waals surface area contributed by atoms with Gasteiger partial charge in [0.1, 0.15) is 0 Å². The van der Waals surface area contributed by atoms with Crippen molar-refractivity contribution in [3.8, 4) is 11.8 Å². The van der Waals surface area contributed by atoms with E-state index in [2.05, 4.69) is 11.8 Å². The van der Waals surface area contributed by atoms with Gasteiger partial charge in [0.25, 0.3) is 0 Å². The number of hydrogen-bond acceptors (Lipinski definition) is 0. The van der Waals surface area contributed by atoms with E-state index < -0.39 is 0 Å². The maximum Gasteiger partial charge on any atom is 0.0433 e. The highest BCUT2D eigenvalue weighted by molar-refractivity contribution is 6.34. The van der Waals surface area contributed by atoms with Crippen molar-refractivity contribution in [3.05, 3.63) is 45.5 Å². The first kappa shape index (κ1) is 11.2. The highest BCUT2D eigenvalue weighted by Crippen LogP contribution is 2.18. The molecule has 14 heavy (non-hydrogen) atoms. The van der Waals surface area contributed by atoms with E-state index in [9.17, 15) is 0 Å². The van der Waals surface area contributed by atoms with Crippen molar-refractivity contribution in [1.82, 2.24) is 0 Å². The number of rotatable bonds is 0. The molecule has 72 valence electrons. The van der Waals surface area contributed by atoms with Crippen LogP contribution in [0.2, 0.25) is 10.0 Å². The molecule has 0 nitrogen and oxygen atoms in total. The molecule has 0 N–H and O–H groups in total. The van der Waals surface area contributed by atoms with E-state index in [1.165, 1.54) is 0 Å². The van der Waals surface area contributed by atoms with Gasteiger partial charge in [0, 0.05) is 15.6 Å². The Morgan fingerprint density at radius 3 is 2.29 bits per heavy atom. The molecule has 0 saturated heterocycles. The highest BCUT2D eigenvalue weighted by atomic mass is 35.5. The summed E-state index contributed by atoms with van der Waals surface area (Å²) in [6, 6.07) is 5.28. The van der Waals surface area contributed by atoms with Crippen LogP contribution in [0.5, 0.6) is 0 Å². The topological polar surface area (TPSA) is 0 Å². The number of hydrogen-bond donors (Lipinski definition) is 0. The lowest BCUT2D eigenvalue weighted by Crippen LogP contribution is -1.75. The molecule has 0 aromatic heterocycles. The van der Waals surface area contributed by atoms with E-state index in [4.69, 9.17) is 23.2 Å². The lowest BCUT2D eigenvalue weighted by molar-refractivity contribution is 1.52. The molecule has 0 amide bonds. The van der Waals surface area contributed by atoms with Crippen LogP contribution in [-0.2, 0) is 0 Å². The summed E-state index contributed by atoms with van der Waals surface area (Å²) in [5, 5.41) is 1.22. The summed E-state index contributed by atoms with van der Waals surface area (Å²) in [5.41, 5.74) is 1.87. The Bertz CT molecular complexity index is 399. The summed E-state index contributed by atoms with van der Waals surface area (Å²) in [7, 11) is 0. The van der Waals surface area contributed by atoms with Gasteiger partial charge < -0.3 is 0 Å². The summed E-state index contributed by atoms with van der Waals surface area (Å²) >= 11 is 11.7. The molecule has 0 bridgehead atoms. The maximum absolute atomic E-state index is 5.83. The van der Waals surface area contributed by atoms with Gasteiger partial charge in [-0.05, 0) is 37.6 Å². The van der Waals surface area contributed by atoms with Gasteiger partial charge in [0.2, 0.25) is 0 Å². The lowest BCUT2D eigenvalue weighted by atomic mass is 10.2. The van der Waals surface area contributed by atoms with Crippen molar-refractivity contribution in [2.75, 3.05) is 0 Å². The molecule has 1 rings (SSSR count). The Morgan fingerprint density at radius 2 is 1.79 bits per heavy atom. The van der Waals surface area contributed by atoms with E-state index in [1.54, 1.807) is 18.2 Å².